The molecule has 0 unspecified atom stereocenters. The number of hydrogen-bond donors (Lipinski definition) is 0. The van der Waals surface area contributed by atoms with Crippen LogP contribution in [0.5, 0.6) is 0 Å². The van der Waals surface area contributed by atoms with Crippen molar-refractivity contribution in [2.24, 2.45) is 17.3 Å². The quantitative estimate of drug-likeness (QED) is 0.403. The Hall–Kier alpha value is -1.05. The fourth-order valence-corrected chi connectivity index (χ4v) is 2.85. The van der Waals surface area contributed by atoms with Crippen LogP contribution in [-0.2, 0) is 9.53 Å². The molecule has 0 N–H and O–H groups in total. The van der Waals surface area contributed by atoms with E-state index in [-0.39, 0.29) is 5.97 Å². The molecule has 0 heterocycles. The van der Waals surface area contributed by atoms with Crippen LogP contribution in [0.2, 0.25) is 0 Å². The molecule has 0 aromatic rings. The zero-order chi connectivity index (χ0) is 11.1. The molecule has 2 atom stereocenters. The van der Waals surface area contributed by atoms with Gasteiger partial charge in [0.25, 0.3) is 0 Å². The van der Waals surface area contributed by atoms with Gasteiger partial charge in [-0.05, 0) is 35.7 Å². The summed E-state index contributed by atoms with van der Waals surface area (Å²) in [4.78, 5) is 11.0. The number of esters is 1. The zero-order valence-corrected chi connectivity index (χ0v) is 9.45. The van der Waals surface area contributed by atoms with Gasteiger partial charge in [0.2, 0.25) is 0 Å². The van der Waals surface area contributed by atoms with Gasteiger partial charge in [0.05, 0.1) is 0 Å². The summed E-state index contributed by atoms with van der Waals surface area (Å²) < 4.78 is 5.09. The van der Waals surface area contributed by atoms with E-state index in [0.717, 1.165) is 12.3 Å². The third kappa shape index (κ3) is 1.62. The third-order valence-electron chi connectivity index (χ3n) is 4.13. The largest absolute Gasteiger partial charge is 0.458 e. The molecule has 0 radical (unpaired) electrons. The van der Waals surface area contributed by atoms with E-state index in [2.05, 4.69) is 26.5 Å². The fourth-order valence-electron chi connectivity index (χ4n) is 2.85. The second-order valence-electron chi connectivity index (χ2n) is 5.13. The first-order valence-electron chi connectivity index (χ1n) is 5.54. The number of rotatable bonds is 3. The van der Waals surface area contributed by atoms with Crippen LogP contribution in [-0.4, -0.2) is 12.6 Å². The van der Waals surface area contributed by atoms with Crippen molar-refractivity contribution in [2.45, 2.75) is 26.7 Å². The molecule has 15 heavy (non-hydrogen) atoms. The van der Waals surface area contributed by atoms with Crippen molar-refractivity contribution in [1.82, 2.24) is 0 Å². The number of carbonyl (C=O) groups excluding carboxylic acids is 1. The Morgan fingerprint density at radius 2 is 2.47 bits per heavy atom. The molecule has 0 spiro atoms. The standard InChI is InChI=1S/C13H18O2/c1-4-12(14)15-8-9-5-6-10-7-11(9)13(10,2)3/h4-5,10-11H,1,6-8H2,2-3H3/t10-,11-/m1/s1. The molecule has 3 aliphatic carbocycles. The maximum absolute atomic E-state index is 11.0. The van der Waals surface area contributed by atoms with Gasteiger partial charge in [0.15, 0.2) is 0 Å². The molecule has 0 aromatic heterocycles. The number of hydrogen-bond acceptors (Lipinski definition) is 2. The highest BCUT2D eigenvalue weighted by molar-refractivity contribution is 5.81. The van der Waals surface area contributed by atoms with Gasteiger partial charge in [-0.25, -0.2) is 4.79 Å². The SMILES string of the molecule is C=CC(=O)OCC1=CC[C@@H]2C[C@H]1C2(C)C. The predicted octanol–water partition coefficient (Wildman–Crippen LogP) is 2.71. The van der Waals surface area contributed by atoms with E-state index < -0.39 is 0 Å². The lowest BCUT2D eigenvalue weighted by Crippen LogP contribution is -2.48. The maximum Gasteiger partial charge on any atom is 0.330 e. The normalized spacial score (nSPS) is 31.2. The summed E-state index contributed by atoms with van der Waals surface area (Å²) in [5.74, 6) is 1.13. The van der Waals surface area contributed by atoms with Crippen LogP contribution in [0.1, 0.15) is 26.7 Å². The van der Waals surface area contributed by atoms with Crippen molar-refractivity contribution in [3.63, 3.8) is 0 Å². The summed E-state index contributed by atoms with van der Waals surface area (Å²) in [5.41, 5.74) is 1.71. The van der Waals surface area contributed by atoms with E-state index in [1.165, 1.54) is 18.1 Å². The number of carbonyl (C=O) groups is 1. The predicted molar refractivity (Wildman–Crippen MR) is 59.2 cm³/mol. The highest BCUT2D eigenvalue weighted by atomic mass is 16.5. The monoisotopic (exact) mass is 206 g/mol. The van der Waals surface area contributed by atoms with Crippen molar-refractivity contribution in [2.75, 3.05) is 6.61 Å². The lowest BCUT2D eigenvalue weighted by atomic mass is 9.49. The lowest BCUT2D eigenvalue weighted by molar-refractivity contribution is -0.137. The van der Waals surface area contributed by atoms with Crippen molar-refractivity contribution >= 4 is 5.97 Å². The molecule has 2 heteroatoms. The average Bonchev–Trinajstić information content (AvgIpc) is 2.25. The van der Waals surface area contributed by atoms with E-state index in [0.29, 0.717) is 17.9 Å². The van der Waals surface area contributed by atoms with Gasteiger partial charge in [-0.15, -0.1) is 0 Å². The first kappa shape index (κ1) is 10.5. The lowest BCUT2D eigenvalue weighted by Gasteiger charge is -2.56. The summed E-state index contributed by atoms with van der Waals surface area (Å²) in [6, 6.07) is 0. The Balaban J connectivity index is 1.97. The molecule has 1 saturated carbocycles. The summed E-state index contributed by atoms with van der Waals surface area (Å²) >= 11 is 0. The van der Waals surface area contributed by atoms with Crippen LogP contribution >= 0.6 is 0 Å². The van der Waals surface area contributed by atoms with E-state index in [9.17, 15) is 4.79 Å². The Bertz CT molecular complexity index is 325. The van der Waals surface area contributed by atoms with Crippen LogP contribution in [0.25, 0.3) is 0 Å². The van der Waals surface area contributed by atoms with Crippen LogP contribution in [0.4, 0.5) is 0 Å². The van der Waals surface area contributed by atoms with Crippen LogP contribution in [0.15, 0.2) is 24.3 Å². The molecule has 3 rings (SSSR count). The maximum atomic E-state index is 11.0. The molecule has 0 amide bonds. The molecule has 0 saturated heterocycles. The Morgan fingerprint density at radius 1 is 1.73 bits per heavy atom. The second kappa shape index (κ2) is 3.51. The number of allylic oxidation sites excluding steroid dienone is 1. The van der Waals surface area contributed by atoms with Crippen molar-refractivity contribution in [1.29, 1.82) is 0 Å². The molecule has 0 aliphatic heterocycles. The molecule has 82 valence electrons. The van der Waals surface area contributed by atoms with Gasteiger partial charge in [-0.2, -0.15) is 0 Å². The topological polar surface area (TPSA) is 26.3 Å². The van der Waals surface area contributed by atoms with Crippen molar-refractivity contribution < 1.29 is 9.53 Å². The number of fused-ring (bicyclic) bond motifs is 1. The molecule has 0 aromatic carbocycles. The molecule has 2 nitrogen and oxygen atoms in total. The third-order valence-corrected chi connectivity index (χ3v) is 4.13. The summed E-state index contributed by atoms with van der Waals surface area (Å²) in [6.07, 6.45) is 5.88. The van der Waals surface area contributed by atoms with Gasteiger partial charge in [0.1, 0.15) is 6.61 Å². The molecule has 3 aliphatic rings. The molecular weight excluding hydrogens is 188 g/mol. The number of ether oxygens (including phenoxy) is 1. The van der Waals surface area contributed by atoms with Crippen LogP contribution < -0.4 is 0 Å². The van der Waals surface area contributed by atoms with Gasteiger partial charge in [-0.3, -0.25) is 0 Å². The Kier molecular flexibility index (Phi) is 2.45. The van der Waals surface area contributed by atoms with Gasteiger partial charge < -0.3 is 4.74 Å². The minimum atomic E-state index is -0.324. The minimum absolute atomic E-state index is 0.324. The fraction of sp³-hybridized carbons (Fsp3) is 0.615. The highest BCUT2D eigenvalue weighted by Crippen LogP contribution is 2.59. The van der Waals surface area contributed by atoms with Gasteiger partial charge in [0, 0.05) is 6.08 Å². The minimum Gasteiger partial charge on any atom is -0.458 e. The highest BCUT2D eigenvalue weighted by Gasteiger charge is 2.51. The van der Waals surface area contributed by atoms with Gasteiger partial charge >= 0.3 is 5.97 Å². The molecular formula is C13H18O2. The van der Waals surface area contributed by atoms with Crippen molar-refractivity contribution in [3.05, 3.63) is 24.3 Å². The smallest absolute Gasteiger partial charge is 0.330 e. The van der Waals surface area contributed by atoms with E-state index in [1.54, 1.807) is 0 Å². The first-order chi connectivity index (χ1) is 7.05. The summed E-state index contributed by atoms with van der Waals surface area (Å²) in [5, 5.41) is 0. The first-order valence-corrected chi connectivity index (χ1v) is 5.54. The Morgan fingerprint density at radius 3 is 3.00 bits per heavy atom. The van der Waals surface area contributed by atoms with E-state index in [4.69, 9.17) is 4.74 Å². The van der Waals surface area contributed by atoms with E-state index in [1.807, 2.05) is 0 Å². The van der Waals surface area contributed by atoms with Crippen molar-refractivity contribution in [3.8, 4) is 0 Å². The second-order valence-corrected chi connectivity index (χ2v) is 5.13. The van der Waals surface area contributed by atoms with Crippen LogP contribution in [0, 0.1) is 17.3 Å². The van der Waals surface area contributed by atoms with Gasteiger partial charge in [-0.1, -0.05) is 26.5 Å². The Labute approximate surface area is 91.0 Å². The zero-order valence-electron chi connectivity index (χ0n) is 9.45. The van der Waals surface area contributed by atoms with E-state index >= 15 is 0 Å². The summed E-state index contributed by atoms with van der Waals surface area (Å²) in [6.45, 7) is 8.47. The summed E-state index contributed by atoms with van der Waals surface area (Å²) in [7, 11) is 0. The van der Waals surface area contributed by atoms with Crippen LogP contribution in [0.3, 0.4) is 0 Å². The molecule has 1 fully saturated rings. The average molecular weight is 206 g/mol. The molecule has 2 bridgehead atoms.